The number of para-hydroxylation sites is 1. The monoisotopic (exact) mass is 415 g/mol. The summed E-state index contributed by atoms with van der Waals surface area (Å²) in [4.78, 5) is 12.6. The number of nitrogens with zero attached hydrogens (tertiary/aromatic N) is 1. The van der Waals surface area contributed by atoms with E-state index in [4.69, 9.17) is 0 Å². The van der Waals surface area contributed by atoms with Crippen LogP contribution in [0.3, 0.4) is 0 Å². The van der Waals surface area contributed by atoms with Gasteiger partial charge in [0.2, 0.25) is 10.0 Å². The van der Waals surface area contributed by atoms with Gasteiger partial charge in [-0.05, 0) is 69.0 Å². The van der Waals surface area contributed by atoms with E-state index in [1.165, 1.54) is 0 Å². The molecule has 1 aliphatic rings. The second-order valence-corrected chi connectivity index (χ2v) is 9.42. The second kappa shape index (κ2) is 8.97. The van der Waals surface area contributed by atoms with Gasteiger partial charge in [0.15, 0.2) is 0 Å². The lowest BCUT2D eigenvalue weighted by atomic mass is 10.0. The van der Waals surface area contributed by atoms with Gasteiger partial charge < -0.3 is 10.6 Å². The summed E-state index contributed by atoms with van der Waals surface area (Å²) in [5, 5.41) is 5.60. The number of aryl methyl sites for hydroxylation is 1. The molecule has 7 heteroatoms. The van der Waals surface area contributed by atoms with Crippen LogP contribution in [-0.2, 0) is 16.4 Å². The van der Waals surface area contributed by atoms with Gasteiger partial charge in [-0.3, -0.25) is 0 Å². The molecule has 2 atom stereocenters. The fourth-order valence-electron chi connectivity index (χ4n) is 3.94. The predicted octanol–water partition coefficient (Wildman–Crippen LogP) is 4.84. The number of carbonyl (C=O) groups is 1. The topological polar surface area (TPSA) is 78.5 Å². The largest absolute Gasteiger partial charge is 0.323 e. The first kappa shape index (κ1) is 21.3. The highest BCUT2D eigenvalue weighted by molar-refractivity contribution is 7.89. The van der Waals surface area contributed by atoms with Crippen LogP contribution >= 0.6 is 0 Å². The van der Waals surface area contributed by atoms with E-state index in [1.54, 1.807) is 28.6 Å². The maximum Gasteiger partial charge on any atom is 0.323 e. The SMILES string of the molecule is CCc1ccccc1NC(=O)Nc1ccc(S(=O)(=O)N2[C@H](C)CCC[C@H]2C)cc1. The van der Waals surface area contributed by atoms with E-state index in [1.807, 2.05) is 45.0 Å². The molecule has 1 heterocycles. The van der Waals surface area contributed by atoms with Crippen molar-refractivity contribution in [2.75, 3.05) is 10.6 Å². The number of carbonyl (C=O) groups excluding carboxylic acids is 1. The summed E-state index contributed by atoms with van der Waals surface area (Å²) in [7, 11) is -3.56. The van der Waals surface area contributed by atoms with Crippen molar-refractivity contribution >= 4 is 27.4 Å². The summed E-state index contributed by atoms with van der Waals surface area (Å²) in [6.07, 6.45) is 3.62. The molecule has 2 aromatic rings. The number of nitrogens with one attached hydrogen (secondary N) is 2. The molecule has 6 nitrogen and oxygen atoms in total. The van der Waals surface area contributed by atoms with Gasteiger partial charge in [0.05, 0.1) is 4.90 Å². The number of rotatable bonds is 5. The molecule has 1 aliphatic heterocycles. The normalized spacial score (nSPS) is 20.2. The molecular formula is C22H29N3O3S. The molecule has 0 radical (unpaired) electrons. The van der Waals surface area contributed by atoms with Crippen LogP contribution in [0.2, 0.25) is 0 Å². The van der Waals surface area contributed by atoms with Crippen LogP contribution in [0.1, 0.15) is 45.6 Å². The summed E-state index contributed by atoms with van der Waals surface area (Å²) in [6, 6.07) is 13.6. The highest BCUT2D eigenvalue weighted by Gasteiger charge is 2.35. The lowest BCUT2D eigenvalue weighted by Gasteiger charge is -2.37. The van der Waals surface area contributed by atoms with Crippen LogP contribution in [0.25, 0.3) is 0 Å². The van der Waals surface area contributed by atoms with Crippen LogP contribution in [0.15, 0.2) is 53.4 Å². The first-order chi connectivity index (χ1) is 13.8. The Morgan fingerprint density at radius 1 is 1.00 bits per heavy atom. The summed E-state index contributed by atoms with van der Waals surface area (Å²) in [5.74, 6) is 0. The number of sulfonamides is 1. The molecule has 2 amide bonds. The third-order valence-electron chi connectivity index (χ3n) is 5.45. The first-order valence-electron chi connectivity index (χ1n) is 10.1. The fraction of sp³-hybridized carbons (Fsp3) is 0.409. The van der Waals surface area contributed by atoms with Crippen molar-refractivity contribution in [2.24, 2.45) is 0 Å². The Bertz CT molecular complexity index is 948. The molecule has 0 unspecified atom stereocenters. The first-order valence-corrected chi connectivity index (χ1v) is 11.6. The molecule has 2 N–H and O–H groups in total. The van der Waals surface area contributed by atoms with Crippen LogP contribution in [-0.4, -0.2) is 30.8 Å². The van der Waals surface area contributed by atoms with Gasteiger partial charge in [0, 0.05) is 23.5 Å². The Balaban J connectivity index is 1.70. The molecule has 0 spiro atoms. The number of anilines is 2. The van der Waals surface area contributed by atoms with Crippen molar-refractivity contribution in [3.8, 4) is 0 Å². The Kier molecular flexibility index (Phi) is 6.59. The maximum atomic E-state index is 13.1. The van der Waals surface area contributed by atoms with Gasteiger partial charge in [0.1, 0.15) is 0 Å². The third kappa shape index (κ3) is 4.79. The standard InChI is InChI=1S/C22H29N3O3S/c1-4-18-10-5-6-11-21(18)24-22(26)23-19-12-14-20(15-13-19)29(27,28)25-16(2)8-7-9-17(25)3/h5-6,10-17H,4,7-9H2,1-3H3,(H2,23,24,26)/t16-,17-/m1/s1. The van der Waals surface area contributed by atoms with Gasteiger partial charge in [0.25, 0.3) is 0 Å². The minimum atomic E-state index is -3.56. The number of benzene rings is 2. The van der Waals surface area contributed by atoms with E-state index < -0.39 is 10.0 Å². The minimum Gasteiger partial charge on any atom is -0.308 e. The number of hydrogen-bond donors (Lipinski definition) is 2. The van der Waals surface area contributed by atoms with Crippen molar-refractivity contribution in [1.29, 1.82) is 0 Å². The predicted molar refractivity (Wildman–Crippen MR) is 117 cm³/mol. The van der Waals surface area contributed by atoms with Crippen molar-refractivity contribution in [2.45, 2.75) is 63.4 Å². The van der Waals surface area contributed by atoms with Crippen LogP contribution in [0.5, 0.6) is 0 Å². The molecule has 29 heavy (non-hydrogen) atoms. The molecule has 0 aliphatic carbocycles. The van der Waals surface area contributed by atoms with Crippen molar-refractivity contribution < 1.29 is 13.2 Å². The van der Waals surface area contributed by atoms with E-state index in [0.29, 0.717) is 5.69 Å². The minimum absolute atomic E-state index is 0.00837. The van der Waals surface area contributed by atoms with Gasteiger partial charge >= 0.3 is 6.03 Å². The van der Waals surface area contributed by atoms with Crippen molar-refractivity contribution in [1.82, 2.24) is 4.31 Å². The fourth-order valence-corrected chi connectivity index (χ4v) is 5.82. The van der Waals surface area contributed by atoms with Crippen LogP contribution in [0, 0.1) is 0 Å². The number of amides is 2. The Labute approximate surface area is 173 Å². The van der Waals surface area contributed by atoms with Gasteiger partial charge in [-0.1, -0.05) is 31.5 Å². The average Bonchev–Trinajstić information content (AvgIpc) is 2.68. The van der Waals surface area contributed by atoms with E-state index in [2.05, 4.69) is 10.6 Å². The number of urea groups is 1. The summed E-state index contributed by atoms with van der Waals surface area (Å²) in [6.45, 7) is 5.95. The molecule has 3 rings (SSSR count). The smallest absolute Gasteiger partial charge is 0.308 e. The summed E-state index contributed by atoms with van der Waals surface area (Å²) >= 11 is 0. The summed E-state index contributed by atoms with van der Waals surface area (Å²) in [5.41, 5.74) is 2.35. The highest BCUT2D eigenvalue weighted by Crippen LogP contribution is 2.30. The van der Waals surface area contributed by atoms with E-state index >= 15 is 0 Å². The lowest BCUT2D eigenvalue weighted by Crippen LogP contribution is -2.47. The Morgan fingerprint density at radius 2 is 1.62 bits per heavy atom. The molecule has 156 valence electrons. The van der Waals surface area contributed by atoms with Gasteiger partial charge in [-0.2, -0.15) is 4.31 Å². The third-order valence-corrected chi connectivity index (χ3v) is 7.59. The van der Waals surface area contributed by atoms with Crippen molar-refractivity contribution in [3.63, 3.8) is 0 Å². The van der Waals surface area contributed by atoms with E-state index in [-0.39, 0.29) is 23.0 Å². The zero-order chi connectivity index (χ0) is 21.0. The summed E-state index contributed by atoms with van der Waals surface area (Å²) < 4.78 is 27.8. The Morgan fingerprint density at radius 3 is 2.24 bits per heavy atom. The molecule has 1 fully saturated rings. The quantitative estimate of drug-likeness (QED) is 0.733. The van der Waals surface area contributed by atoms with Gasteiger partial charge in [-0.15, -0.1) is 0 Å². The lowest BCUT2D eigenvalue weighted by molar-refractivity contribution is 0.204. The zero-order valence-corrected chi connectivity index (χ0v) is 18.0. The highest BCUT2D eigenvalue weighted by atomic mass is 32.2. The molecule has 1 saturated heterocycles. The average molecular weight is 416 g/mol. The molecular weight excluding hydrogens is 386 g/mol. The Hall–Kier alpha value is -2.38. The molecule has 0 bridgehead atoms. The van der Waals surface area contributed by atoms with Crippen LogP contribution < -0.4 is 10.6 Å². The molecule has 2 aromatic carbocycles. The van der Waals surface area contributed by atoms with Gasteiger partial charge in [-0.25, -0.2) is 13.2 Å². The number of hydrogen-bond acceptors (Lipinski definition) is 3. The molecule has 0 saturated carbocycles. The van der Waals surface area contributed by atoms with Crippen molar-refractivity contribution in [3.05, 3.63) is 54.1 Å². The van der Waals surface area contributed by atoms with E-state index in [0.717, 1.165) is 36.9 Å². The zero-order valence-electron chi connectivity index (χ0n) is 17.2. The molecule has 0 aromatic heterocycles. The van der Waals surface area contributed by atoms with E-state index in [9.17, 15) is 13.2 Å². The number of piperidine rings is 1. The maximum absolute atomic E-state index is 13.1. The van der Waals surface area contributed by atoms with Crippen LogP contribution in [0.4, 0.5) is 16.2 Å². The second-order valence-electron chi connectivity index (χ2n) is 7.58.